The molecule has 2 heteroatoms. The largest absolute Gasteiger partial charge is 2.00 e. The summed E-state index contributed by atoms with van der Waals surface area (Å²) < 4.78 is 0. The Morgan fingerprint density at radius 1 is 0.741 bits per heavy atom. The SMILES string of the molecule is CC(=C(c1ccccc1)c1ccc(O)cc1)[c-]1cccc1.[Fe+2].c1cc[cH-]c1. The van der Waals surface area contributed by atoms with Crippen LogP contribution >= 0.6 is 0 Å². The molecule has 27 heavy (non-hydrogen) atoms. The molecule has 0 atom stereocenters. The first-order valence-corrected chi connectivity index (χ1v) is 8.70. The molecule has 0 bridgehead atoms. The summed E-state index contributed by atoms with van der Waals surface area (Å²) in [6, 6.07) is 36.1. The van der Waals surface area contributed by atoms with Crippen LogP contribution in [0.15, 0.2) is 109 Å². The number of phenolic OH excluding ortho intramolecular Hbond substituents is 1. The Hall–Kier alpha value is -2.80. The van der Waals surface area contributed by atoms with Gasteiger partial charge < -0.3 is 5.11 Å². The van der Waals surface area contributed by atoms with E-state index < -0.39 is 0 Å². The molecule has 0 aliphatic rings. The molecule has 0 aliphatic heterocycles. The molecule has 0 saturated heterocycles. The molecule has 4 rings (SSSR count). The van der Waals surface area contributed by atoms with Gasteiger partial charge in [-0.2, -0.15) is 30.3 Å². The van der Waals surface area contributed by atoms with Crippen molar-refractivity contribution in [3.8, 4) is 5.75 Å². The van der Waals surface area contributed by atoms with E-state index >= 15 is 0 Å². The van der Waals surface area contributed by atoms with E-state index in [1.165, 1.54) is 22.3 Å². The maximum absolute atomic E-state index is 9.52. The topological polar surface area (TPSA) is 20.2 Å². The average molecular weight is 394 g/mol. The van der Waals surface area contributed by atoms with E-state index in [1.54, 1.807) is 12.1 Å². The Bertz CT molecular complexity index is 899. The van der Waals surface area contributed by atoms with Crippen LogP contribution in [0.2, 0.25) is 0 Å². The molecule has 0 aromatic heterocycles. The first-order valence-electron chi connectivity index (χ1n) is 8.70. The molecular weight excluding hydrogens is 372 g/mol. The third kappa shape index (κ3) is 5.59. The van der Waals surface area contributed by atoms with Gasteiger partial charge in [-0.1, -0.05) is 66.1 Å². The molecule has 0 radical (unpaired) electrons. The van der Waals surface area contributed by atoms with Crippen LogP contribution < -0.4 is 0 Å². The van der Waals surface area contributed by atoms with Crippen molar-refractivity contribution in [3.05, 3.63) is 126 Å². The van der Waals surface area contributed by atoms with Gasteiger partial charge in [-0.3, -0.25) is 0 Å². The number of phenols is 1. The summed E-state index contributed by atoms with van der Waals surface area (Å²) >= 11 is 0. The minimum absolute atomic E-state index is 0. The predicted octanol–water partition coefficient (Wildman–Crippen LogP) is 6.49. The molecule has 0 aliphatic carbocycles. The van der Waals surface area contributed by atoms with E-state index in [2.05, 4.69) is 43.3 Å². The summed E-state index contributed by atoms with van der Waals surface area (Å²) in [6.45, 7) is 2.14. The van der Waals surface area contributed by atoms with Crippen LogP contribution in [-0.4, -0.2) is 5.11 Å². The van der Waals surface area contributed by atoms with Crippen LogP contribution in [0.4, 0.5) is 0 Å². The first kappa shape index (κ1) is 20.5. The standard InChI is InChI=1S/C20H17O.C5H5.Fe/c1-15(16-7-5-6-8-16)20(17-9-3-2-4-10-17)18-11-13-19(21)14-12-18;1-2-4-5-3-1;/h2-14,21H,1H3;1-5H;/q2*-1;+2. The molecule has 0 saturated carbocycles. The summed E-state index contributed by atoms with van der Waals surface area (Å²) in [4.78, 5) is 0. The molecule has 136 valence electrons. The number of hydrogen-bond donors (Lipinski definition) is 1. The second-order valence-corrected chi connectivity index (χ2v) is 6.05. The van der Waals surface area contributed by atoms with Crippen molar-refractivity contribution in [2.75, 3.05) is 0 Å². The fraction of sp³-hybridized carbons (Fsp3) is 0.0400. The average Bonchev–Trinajstić information content (AvgIpc) is 3.41. The van der Waals surface area contributed by atoms with Crippen molar-refractivity contribution >= 4 is 11.1 Å². The Morgan fingerprint density at radius 3 is 1.81 bits per heavy atom. The zero-order valence-electron chi connectivity index (χ0n) is 15.2. The van der Waals surface area contributed by atoms with Gasteiger partial charge in [-0.15, -0.1) is 23.3 Å². The van der Waals surface area contributed by atoms with Crippen LogP contribution in [0, 0.1) is 0 Å². The third-order valence-electron chi connectivity index (χ3n) is 4.24. The fourth-order valence-electron chi connectivity index (χ4n) is 2.92. The van der Waals surface area contributed by atoms with Crippen molar-refractivity contribution in [3.63, 3.8) is 0 Å². The van der Waals surface area contributed by atoms with Crippen molar-refractivity contribution < 1.29 is 22.2 Å². The number of rotatable bonds is 3. The van der Waals surface area contributed by atoms with Crippen LogP contribution in [0.3, 0.4) is 0 Å². The minimum Gasteiger partial charge on any atom is -0.508 e. The van der Waals surface area contributed by atoms with Crippen LogP contribution in [-0.2, 0) is 17.1 Å². The second-order valence-electron chi connectivity index (χ2n) is 6.05. The van der Waals surface area contributed by atoms with Gasteiger partial charge in [-0.25, -0.2) is 12.1 Å². The van der Waals surface area contributed by atoms with Crippen molar-refractivity contribution in [2.24, 2.45) is 0 Å². The maximum atomic E-state index is 9.52. The van der Waals surface area contributed by atoms with Crippen molar-refractivity contribution in [1.29, 1.82) is 0 Å². The molecule has 0 heterocycles. The third-order valence-corrected chi connectivity index (χ3v) is 4.24. The molecule has 0 amide bonds. The Morgan fingerprint density at radius 2 is 1.30 bits per heavy atom. The number of allylic oxidation sites excluding steroid dienone is 1. The summed E-state index contributed by atoms with van der Waals surface area (Å²) in [5.74, 6) is 0.289. The van der Waals surface area contributed by atoms with E-state index in [0.717, 1.165) is 5.56 Å². The van der Waals surface area contributed by atoms with Gasteiger partial charge in [0.1, 0.15) is 5.75 Å². The molecule has 1 N–H and O–H groups in total. The smallest absolute Gasteiger partial charge is 0.508 e. The molecular formula is C25H22FeO. The molecule has 0 spiro atoms. The zero-order valence-corrected chi connectivity index (χ0v) is 16.3. The molecule has 1 nitrogen and oxygen atoms in total. The maximum Gasteiger partial charge on any atom is 2.00 e. The van der Waals surface area contributed by atoms with Gasteiger partial charge >= 0.3 is 17.1 Å². The van der Waals surface area contributed by atoms with E-state index in [4.69, 9.17) is 0 Å². The summed E-state index contributed by atoms with van der Waals surface area (Å²) in [5.41, 5.74) is 5.94. The number of aromatic hydroxyl groups is 1. The number of benzene rings is 2. The van der Waals surface area contributed by atoms with E-state index in [-0.39, 0.29) is 22.8 Å². The zero-order chi connectivity index (χ0) is 18.2. The van der Waals surface area contributed by atoms with E-state index in [0.29, 0.717) is 0 Å². The minimum atomic E-state index is 0. The van der Waals surface area contributed by atoms with Crippen molar-refractivity contribution in [1.82, 2.24) is 0 Å². The van der Waals surface area contributed by atoms with Gasteiger partial charge in [0.25, 0.3) is 0 Å². The van der Waals surface area contributed by atoms with Crippen molar-refractivity contribution in [2.45, 2.75) is 6.92 Å². The normalized spacial score (nSPS) is 10.9. The second kappa shape index (κ2) is 10.4. The van der Waals surface area contributed by atoms with Gasteiger partial charge in [0.2, 0.25) is 0 Å². The number of hydrogen-bond acceptors (Lipinski definition) is 1. The summed E-state index contributed by atoms with van der Waals surface area (Å²) in [7, 11) is 0. The van der Waals surface area contributed by atoms with Gasteiger partial charge in [0.15, 0.2) is 0 Å². The van der Waals surface area contributed by atoms with Crippen LogP contribution in [0.5, 0.6) is 5.75 Å². The monoisotopic (exact) mass is 394 g/mol. The van der Waals surface area contributed by atoms with Gasteiger partial charge in [0, 0.05) is 0 Å². The van der Waals surface area contributed by atoms with Gasteiger partial charge in [-0.05, 0) is 12.1 Å². The quantitative estimate of drug-likeness (QED) is 0.311. The van der Waals surface area contributed by atoms with Crippen LogP contribution in [0.1, 0.15) is 23.6 Å². The van der Waals surface area contributed by atoms with Crippen LogP contribution in [0.25, 0.3) is 11.1 Å². The Balaban J connectivity index is 0.000000379. The predicted molar refractivity (Wildman–Crippen MR) is 110 cm³/mol. The summed E-state index contributed by atoms with van der Waals surface area (Å²) in [6.07, 6.45) is 0. The van der Waals surface area contributed by atoms with E-state index in [9.17, 15) is 5.11 Å². The molecule has 4 aromatic rings. The fourth-order valence-corrected chi connectivity index (χ4v) is 2.92. The Labute approximate surface area is 171 Å². The first-order chi connectivity index (χ1) is 12.8. The molecule has 0 unspecified atom stereocenters. The Kier molecular flexibility index (Phi) is 7.88. The van der Waals surface area contributed by atoms with Gasteiger partial charge in [0.05, 0.1) is 0 Å². The molecule has 4 aromatic carbocycles. The summed E-state index contributed by atoms with van der Waals surface area (Å²) in [5, 5.41) is 9.52. The van der Waals surface area contributed by atoms with E-state index in [1.807, 2.05) is 60.7 Å². The molecule has 0 fully saturated rings.